The van der Waals surface area contributed by atoms with Gasteiger partial charge in [0.1, 0.15) is 0 Å². The van der Waals surface area contributed by atoms with Gasteiger partial charge in [-0.15, -0.1) is 0 Å². The van der Waals surface area contributed by atoms with Gasteiger partial charge >= 0.3 is 0 Å². The average molecular weight is 372 g/mol. The zero-order valence-electron chi connectivity index (χ0n) is 11.4. The molecule has 5 nitrogen and oxygen atoms in total. The summed E-state index contributed by atoms with van der Waals surface area (Å²) in [6.45, 7) is 2.15. The first-order valence-electron chi connectivity index (χ1n) is 5.97. The van der Waals surface area contributed by atoms with Crippen molar-refractivity contribution in [3.63, 3.8) is 0 Å². The molecule has 0 aliphatic heterocycles. The normalized spacial score (nSPS) is 14.5. The fourth-order valence-electron chi connectivity index (χ4n) is 1.49. The van der Waals surface area contributed by atoms with Crippen LogP contribution < -0.4 is 5.32 Å². The van der Waals surface area contributed by atoms with Gasteiger partial charge in [0.05, 0.1) is 4.90 Å². The minimum atomic E-state index is -3.96. The smallest absolute Gasteiger partial charge is 0.261 e. The van der Waals surface area contributed by atoms with Gasteiger partial charge in [0.25, 0.3) is 15.0 Å². The van der Waals surface area contributed by atoms with Gasteiger partial charge in [0.15, 0.2) is 0 Å². The molecule has 0 aromatic heterocycles. The van der Waals surface area contributed by atoms with E-state index in [4.69, 9.17) is 22.3 Å². The van der Waals surface area contributed by atoms with Gasteiger partial charge in [-0.3, -0.25) is 9.00 Å². The Balaban J connectivity index is 2.79. The van der Waals surface area contributed by atoms with Crippen LogP contribution >= 0.6 is 22.3 Å². The van der Waals surface area contributed by atoms with Gasteiger partial charge in [-0.2, -0.15) is 0 Å². The number of halogens is 2. The predicted octanol–water partition coefficient (Wildman–Crippen LogP) is 2.15. The number of hydrogen-bond acceptors (Lipinski definition) is 4. The Kier molecular flexibility index (Phi) is 6.65. The molecule has 1 rings (SSSR count). The largest absolute Gasteiger partial charge is 0.352 e. The standard InChI is InChI=1S/C12H15Cl2NO4S2/c1-8(20(2)17)3-4-15-12(16)9-5-10(13)7-11(6-9)21(14,18)19/h5-8H,3-4H2,1-2H3,(H,15,16). The zero-order valence-corrected chi connectivity index (χ0v) is 14.6. The Labute approximate surface area is 135 Å². The Morgan fingerprint density at radius 1 is 1.38 bits per heavy atom. The van der Waals surface area contributed by atoms with Crippen molar-refractivity contribution in [1.29, 1.82) is 0 Å². The van der Waals surface area contributed by atoms with Crippen LogP contribution in [-0.4, -0.2) is 36.6 Å². The SMILES string of the molecule is CC(CCNC(=O)c1cc(Cl)cc(S(=O)(=O)Cl)c1)S(C)=O. The molecule has 0 spiro atoms. The van der Waals surface area contributed by atoms with E-state index in [0.29, 0.717) is 13.0 Å². The van der Waals surface area contributed by atoms with Crippen LogP contribution in [0.25, 0.3) is 0 Å². The first-order chi connectivity index (χ1) is 9.61. The van der Waals surface area contributed by atoms with Crippen molar-refractivity contribution in [2.24, 2.45) is 0 Å². The van der Waals surface area contributed by atoms with Crippen LogP contribution in [0.1, 0.15) is 23.7 Å². The van der Waals surface area contributed by atoms with Crippen LogP contribution in [0.4, 0.5) is 0 Å². The minimum absolute atomic E-state index is 0.0385. The molecule has 2 unspecified atom stereocenters. The van der Waals surface area contributed by atoms with Crippen molar-refractivity contribution in [3.05, 3.63) is 28.8 Å². The van der Waals surface area contributed by atoms with E-state index in [1.54, 1.807) is 6.26 Å². The molecule has 1 aromatic rings. The summed E-state index contributed by atoms with van der Waals surface area (Å²) in [4.78, 5) is 11.7. The fraction of sp³-hybridized carbons (Fsp3) is 0.417. The van der Waals surface area contributed by atoms with Crippen LogP contribution in [0, 0.1) is 0 Å². The van der Waals surface area contributed by atoms with Gasteiger partial charge in [0.2, 0.25) is 0 Å². The third-order valence-electron chi connectivity index (χ3n) is 2.82. The van der Waals surface area contributed by atoms with Crippen molar-refractivity contribution in [2.75, 3.05) is 12.8 Å². The molecule has 0 bridgehead atoms. The third kappa shape index (κ3) is 5.94. The topological polar surface area (TPSA) is 80.3 Å². The van der Waals surface area contributed by atoms with E-state index in [2.05, 4.69) is 5.32 Å². The van der Waals surface area contributed by atoms with E-state index < -0.39 is 25.8 Å². The van der Waals surface area contributed by atoms with Crippen molar-refractivity contribution in [3.8, 4) is 0 Å². The highest BCUT2D eigenvalue weighted by Gasteiger charge is 2.15. The number of hydrogen-bond donors (Lipinski definition) is 1. The van der Waals surface area contributed by atoms with Gasteiger partial charge in [-0.05, 0) is 24.6 Å². The molecule has 0 aliphatic rings. The average Bonchev–Trinajstić information content (AvgIpc) is 2.36. The molecule has 2 atom stereocenters. The summed E-state index contributed by atoms with van der Waals surface area (Å²) in [6.07, 6.45) is 2.15. The van der Waals surface area contributed by atoms with Crippen LogP contribution in [0.5, 0.6) is 0 Å². The van der Waals surface area contributed by atoms with E-state index in [-0.39, 0.29) is 20.7 Å². The van der Waals surface area contributed by atoms with Gasteiger partial charge < -0.3 is 5.32 Å². The fourth-order valence-corrected chi connectivity index (χ4v) is 3.04. The summed E-state index contributed by atoms with van der Waals surface area (Å²) in [5, 5.41) is 2.68. The summed E-state index contributed by atoms with van der Waals surface area (Å²) in [5.74, 6) is -0.465. The quantitative estimate of drug-likeness (QED) is 0.776. The number of carbonyl (C=O) groups excluding carboxylic acids is 1. The first-order valence-corrected chi connectivity index (χ1v) is 10.3. The zero-order chi connectivity index (χ0) is 16.2. The van der Waals surface area contributed by atoms with Crippen molar-refractivity contribution < 1.29 is 17.4 Å². The van der Waals surface area contributed by atoms with Crippen molar-refractivity contribution >= 4 is 48.0 Å². The Bertz CT molecular complexity index is 661. The second kappa shape index (κ2) is 7.58. The molecule has 0 aliphatic carbocycles. The van der Waals surface area contributed by atoms with Gasteiger partial charge in [-0.1, -0.05) is 18.5 Å². The highest BCUT2D eigenvalue weighted by molar-refractivity contribution is 8.13. The van der Waals surface area contributed by atoms with E-state index in [1.807, 2.05) is 6.92 Å². The lowest BCUT2D eigenvalue weighted by Gasteiger charge is -2.10. The monoisotopic (exact) mass is 371 g/mol. The highest BCUT2D eigenvalue weighted by atomic mass is 35.7. The Hall–Kier alpha value is -0.630. The van der Waals surface area contributed by atoms with Gasteiger partial charge in [-0.25, -0.2) is 8.42 Å². The lowest BCUT2D eigenvalue weighted by molar-refractivity contribution is 0.0953. The van der Waals surface area contributed by atoms with Crippen LogP contribution in [-0.2, 0) is 19.9 Å². The third-order valence-corrected chi connectivity index (χ3v) is 5.74. The predicted molar refractivity (Wildman–Crippen MR) is 85.0 cm³/mol. The van der Waals surface area contributed by atoms with Crippen LogP contribution in [0.3, 0.4) is 0 Å². The number of nitrogens with one attached hydrogen (secondary N) is 1. The van der Waals surface area contributed by atoms with Crippen molar-refractivity contribution in [2.45, 2.75) is 23.5 Å². The maximum Gasteiger partial charge on any atom is 0.261 e. The molecule has 9 heteroatoms. The molecule has 0 saturated carbocycles. The summed E-state index contributed by atoms with van der Waals surface area (Å²) >= 11 is 5.78. The minimum Gasteiger partial charge on any atom is -0.352 e. The summed E-state index contributed by atoms with van der Waals surface area (Å²) in [5.41, 5.74) is 0.104. The molecule has 1 N–H and O–H groups in total. The van der Waals surface area contributed by atoms with E-state index in [0.717, 1.165) is 6.07 Å². The Morgan fingerprint density at radius 2 is 2.00 bits per heavy atom. The molecule has 1 aromatic carbocycles. The van der Waals surface area contributed by atoms with Crippen molar-refractivity contribution in [1.82, 2.24) is 5.32 Å². The van der Waals surface area contributed by atoms with Crippen LogP contribution in [0.15, 0.2) is 23.1 Å². The Morgan fingerprint density at radius 3 is 2.52 bits per heavy atom. The lowest BCUT2D eigenvalue weighted by Crippen LogP contribution is -2.27. The lowest BCUT2D eigenvalue weighted by atomic mass is 10.2. The second-order valence-electron chi connectivity index (χ2n) is 4.47. The molecular formula is C12H15Cl2NO4S2. The summed E-state index contributed by atoms with van der Waals surface area (Å²) in [6, 6.07) is 3.68. The maximum absolute atomic E-state index is 11.9. The summed E-state index contributed by atoms with van der Waals surface area (Å²) in [7, 11) is 0.319. The number of carbonyl (C=O) groups is 1. The van der Waals surface area contributed by atoms with E-state index >= 15 is 0 Å². The molecule has 1 amide bonds. The molecular weight excluding hydrogens is 357 g/mol. The number of amides is 1. The molecule has 0 radical (unpaired) electrons. The molecule has 0 saturated heterocycles. The summed E-state index contributed by atoms with van der Waals surface area (Å²) < 4.78 is 33.7. The molecule has 0 fully saturated rings. The molecule has 21 heavy (non-hydrogen) atoms. The molecule has 0 heterocycles. The maximum atomic E-state index is 11.9. The van der Waals surface area contributed by atoms with Crippen LogP contribution in [0.2, 0.25) is 5.02 Å². The van der Waals surface area contributed by atoms with E-state index in [1.165, 1.54) is 12.1 Å². The van der Waals surface area contributed by atoms with E-state index in [9.17, 15) is 17.4 Å². The number of rotatable bonds is 6. The first kappa shape index (κ1) is 18.4. The number of benzene rings is 1. The van der Waals surface area contributed by atoms with Gasteiger partial charge in [0, 0.05) is 50.1 Å². The highest BCUT2D eigenvalue weighted by Crippen LogP contribution is 2.22. The second-order valence-corrected chi connectivity index (χ2v) is 9.27. The molecule has 118 valence electrons.